The van der Waals surface area contributed by atoms with Gasteiger partial charge in [0.1, 0.15) is 0 Å². The van der Waals surface area contributed by atoms with Crippen LogP contribution in [0.5, 0.6) is 0 Å². The molecule has 1 aliphatic rings. The van der Waals surface area contributed by atoms with Gasteiger partial charge in [-0.3, -0.25) is 9.89 Å². The van der Waals surface area contributed by atoms with E-state index in [2.05, 4.69) is 62.9 Å². The molecule has 0 amide bonds. The molecule has 1 heterocycles. The van der Waals surface area contributed by atoms with Gasteiger partial charge in [0.15, 0.2) is 5.96 Å². The van der Waals surface area contributed by atoms with Crippen molar-refractivity contribution in [2.45, 2.75) is 32.2 Å². The van der Waals surface area contributed by atoms with Crippen LogP contribution in [0.3, 0.4) is 0 Å². The summed E-state index contributed by atoms with van der Waals surface area (Å²) in [6.45, 7) is 6.29. The maximum absolute atomic E-state index is 4.32. The average Bonchev–Trinajstić information content (AvgIpc) is 3.38. The number of hydrogen-bond donors (Lipinski definition) is 3. The first kappa shape index (κ1) is 16.8. The maximum Gasteiger partial charge on any atom is 0.191 e. The molecule has 0 radical (unpaired) electrons. The molecule has 24 heavy (non-hydrogen) atoms. The third kappa shape index (κ3) is 4.29. The monoisotopic (exact) mass is 327 g/mol. The Labute approximate surface area is 144 Å². The number of para-hydroxylation sites is 1. The molecule has 5 nitrogen and oxygen atoms in total. The summed E-state index contributed by atoms with van der Waals surface area (Å²) in [7, 11) is 1.83. The van der Waals surface area contributed by atoms with E-state index in [1.807, 2.05) is 7.05 Å². The molecule has 0 aliphatic heterocycles. The molecular weight excluding hydrogens is 298 g/mol. The molecular formula is C19H29N5. The number of nitrogens with one attached hydrogen (secondary N) is 3. The van der Waals surface area contributed by atoms with Crippen LogP contribution in [0, 0.1) is 0 Å². The van der Waals surface area contributed by atoms with Crippen LogP contribution in [0.2, 0.25) is 0 Å². The van der Waals surface area contributed by atoms with Gasteiger partial charge in [-0.2, -0.15) is 0 Å². The Balaban J connectivity index is 1.41. The Hall–Kier alpha value is -2.01. The molecule has 1 aliphatic carbocycles. The van der Waals surface area contributed by atoms with E-state index in [0.29, 0.717) is 0 Å². The van der Waals surface area contributed by atoms with E-state index in [-0.39, 0.29) is 0 Å². The van der Waals surface area contributed by atoms with E-state index in [1.54, 1.807) is 0 Å². The number of likely N-dealkylation sites (N-methyl/N-ethyl adjacent to an activating group) is 1. The lowest BCUT2D eigenvalue weighted by Gasteiger charge is -2.20. The molecule has 0 bridgehead atoms. The molecule has 1 aromatic heterocycles. The largest absolute Gasteiger partial charge is 0.361 e. The van der Waals surface area contributed by atoms with Gasteiger partial charge in [-0.05, 0) is 37.4 Å². The fourth-order valence-corrected chi connectivity index (χ4v) is 3.23. The number of hydrogen-bond acceptors (Lipinski definition) is 2. The van der Waals surface area contributed by atoms with Crippen molar-refractivity contribution in [1.29, 1.82) is 0 Å². The summed E-state index contributed by atoms with van der Waals surface area (Å²) in [6.07, 6.45) is 5.82. The number of nitrogens with zero attached hydrogens (tertiary/aromatic N) is 2. The summed E-state index contributed by atoms with van der Waals surface area (Å²) >= 11 is 0. The molecule has 0 unspecified atom stereocenters. The van der Waals surface area contributed by atoms with Gasteiger partial charge in [0.2, 0.25) is 0 Å². The fraction of sp³-hybridized carbons (Fsp3) is 0.526. The van der Waals surface area contributed by atoms with Crippen molar-refractivity contribution in [1.82, 2.24) is 20.5 Å². The van der Waals surface area contributed by atoms with Gasteiger partial charge in [0, 0.05) is 49.8 Å². The zero-order chi connectivity index (χ0) is 16.8. The molecule has 1 fully saturated rings. The minimum Gasteiger partial charge on any atom is -0.361 e. The van der Waals surface area contributed by atoms with Crippen LogP contribution in [-0.2, 0) is 6.42 Å². The molecule has 1 saturated carbocycles. The topological polar surface area (TPSA) is 55.4 Å². The zero-order valence-corrected chi connectivity index (χ0v) is 14.8. The second-order valence-corrected chi connectivity index (χ2v) is 6.40. The summed E-state index contributed by atoms with van der Waals surface area (Å²) in [5.74, 6) is 0.890. The number of aliphatic imine (C=N–C) groups is 1. The lowest BCUT2D eigenvalue weighted by molar-refractivity contribution is 0.282. The highest BCUT2D eigenvalue weighted by molar-refractivity contribution is 5.83. The first-order valence-corrected chi connectivity index (χ1v) is 9.05. The molecule has 1 aromatic carbocycles. The highest BCUT2D eigenvalue weighted by Gasteiger charge is 2.27. The molecule has 0 spiro atoms. The molecule has 130 valence electrons. The minimum atomic E-state index is 0.827. The van der Waals surface area contributed by atoms with Crippen molar-refractivity contribution in [3.05, 3.63) is 36.0 Å². The van der Waals surface area contributed by atoms with Gasteiger partial charge >= 0.3 is 0 Å². The van der Waals surface area contributed by atoms with Gasteiger partial charge in [0.05, 0.1) is 0 Å². The quantitative estimate of drug-likeness (QED) is 0.515. The van der Waals surface area contributed by atoms with E-state index in [4.69, 9.17) is 0 Å². The smallest absolute Gasteiger partial charge is 0.191 e. The Kier molecular flexibility index (Phi) is 5.75. The number of benzene rings is 1. The van der Waals surface area contributed by atoms with Crippen LogP contribution in [-0.4, -0.2) is 55.1 Å². The summed E-state index contributed by atoms with van der Waals surface area (Å²) < 4.78 is 0. The first-order chi connectivity index (χ1) is 11.8. The van der Waals surface area contributed by atoms with Gasteiger partial charge in [-0.1, -0.05) is 25.1 Å². The van der Waals surface area contributed by atoms with Crippen molar-refractivity contribution >= 4 is 16.9 Å². The number of H-pyrrole nitrogens is 1. The van der Waals surface area contributed by atoms with Crippen molar-refractivity contribution in [3.8, 4) is 0 Å². The van der Waals surface area contributed by atoms with Gasteiger partial charge < -0.3 is 15.6 Å². The van der Waals surface area contributed by atoms with Crippen LogP contribution in [0.15, 0.2) is 35.5 Å². The SMILES string of the molecule is CCN(CCNC(=NC)NCCc1c[nH]c2ccccc12)C1CC1. The molecule has 2 aromatic rings. The summed E-state index contributed by atoms with van der Waals surface area (Å²) in [5.41, 5.74) is 2.55. The highest BCUT2D eigenvalue weighted by Crippen LogP contribution is 2.25. The maximum atomic E-state index is 4.32. The molecule has 3 rings (SSSR count). The van der Waals surface area contributed by atoms with Crippen molar-refractivity contribution in [3.63, 3.8) is 0 Å². The van der Waals surface area contributed by atoms with Crippen LogP contribution in [0.1, 0.15) is 25.3 Å². The first-order valence-electron chi connectivity index (χ1n) is 9.05. The van der Waals surface area contributed by atoms with Crippen molar-refractivity contribution < 1.29 is 0 Å². The molecule has 0 atom stereocenters. The highest BCUT2D eigenvalue weighted by atomic mass is 15.2. The van der Waals surface area contributed by atoms with Crippen molar-refractivity contribution in [2.75, 3.05) is 33.2 Å². The van der Waals surface area contributed by atoms with E-state index in [9.17, 15) is 0 Å². The van der Waals surface area contributed by atoms with Crippen LogP contribution in [0.25, 0.3) is 10.9 Å². The van der Waals surface area contributed by atoms with Crippen LogP contribution < -0.4 is 10.6 Å². The number of fused-ring (bicyclic) bond motifs is 1. The zero-order valence-electron chi connectivity index (χ0n) is 14.8. The second kappa shape index (κ2) is 8.20. The Morgan fingerprint density at radius 2 is 2.04 bits per heavy atom. The molecule has 0 saturated heterocycles. The van der Waals surface area contributed by atoms with Gasteiger partial charge in [0.25, 0.3) is 0 Å². The van der Waals surface area contributed by atoms with Crippen molar-refractivity contribution in [2.24, 2.45) is 4.99 Å². The fourth-order valence-electron chi connectivity index (χ4n) is 3.23. The number of guanidine groups is 1. The summed E-state index contributed by atoms with van der Waals surface area (Å²) in [6, 6.07) is 9.27. The number of rotatable bonds is 8. The molecule has 5 heteroatoms. The Bertz CT molecular complexity index is 671. The lowest BCUT2D eigenvalue weighted by atomic mass is 10.1. The van der Waals surface area contributed by atoms with Crippen LogP contribution >= 0.6 is 0 Å². The van der Waals surface area contributed by atoms with E-state index >= 15 is 0 Å². The van der Waals surface area contributed by atoms with Gasteiger partial charge in [-0.25, -0.2) is 0 Å². The summed E-state index contributed by atoms with van der Waals surface area (Å²) in [4.78, 5) is 10.2. The Morgan fingerprint density at radius 3 is 2.79 bits per heavy atom. The number of aromatic amines is 1. The third-order valence-corrected chi connectivity index (χ3v) is 4.75. The van der Waals surface area contributed by atoms with Crippen LogP contribution in [0.4, 0.5) is 0 Å². The normalized spacial score (nSPS) is 15.2. The minimum absolute atomic E-state index is 0.827. The second-order valence-electron chi connectivity index (χ2n) is 6.40. The van der Waals surface area contributed by atoms with E-state index in [1.165, 1.54) is 29.3 Å². The summed E-state index contributed by atoms with van der Waals surface area (Å²) in [5, 5.41) is 8.15. The average molecular weight is 327 g/mol. The lowest BCUT2D eigenvalue weighted by Crippen LogP contribution is -2.42. The third-order valence-electron chi connectivity index (χ3n) is 4.75. The van der Waals surface area contributed by atoms with Gasteiger partial charge in [-0.15, -0.1) is 0 Å². The predicted octanol–water partition coefficient (Wildman–Crippen LogP) is 2.36. The Morgan fingerprint density at radius 1 is 1.25 bits per heavy atom. The number of aromatic nitrogens is 1. The van der Waals surface area contributed by atoms with E-state index < -0.39 is 0 Å². The van der Waals surface area contributed by atoms with E-state index in [0.717, 1.165) is 44.6 Å². The standard InChI is InChI=1S/C19H29N5/c1-3-24(16-8-9-16)13-12-22-19(20-2)21-11-10-15-14-23-18-7-5-4-6-17(15)18/h4-7,14,16,23H,3,8-13H2,1-2H3,(H2,20,21,22). The molecule has 3 N–H and O–H groups in total. The predicted molar refractivity (Wildman–Crippen MR) is 102 cm³/mol.